The van der Waals surface area contributed by atoms with Gasteiger partial charge >= 0.3 is 11.9 Å². The van der Waals surface area contributed by atoms with Gasteiger partial charge in [-0.2, -0.15) is 4.39 Å². The van der Waals surface area contributed by atoms with Crippen LogP contribution in [-0.4, -0.2) is 24.6 Å². The van der Waals surface area contributed by atoms with E-state index in [0.717, 1.165) is 4.47 Å². The molecule has 2 aliphatic rings. The molecular formula is C20H22BrFO4. The Balaban J connectivity index is 1.63. The SMILES string of the molecule is CCOC(=O)C(F)=C[C@@H]1[C@H](C(=O)OC2Cc3cccc(Br)c3C2)C1(C)C. The van der Waals surface area contributed by atoms with Crippen LogP contribution >= 0.6 is 15.9 Å². The van der Waals surface area contributed by atoms with Crippen LogP contribution in [0.25, 0.3) is 0 Å². The van der Waals surface area contributed by atoms with Crippen molar-refractivity contribution in [1.82, 2.24) is 0 Å². The number of ether oxygens (including phenoxy) is 2. The largest absolute Gasteiger partial charge is 0.461 e. The van der Waals surface area contributed by atoms with Gasteiger partial charge in [0.1, 0.15) is 6.10 Å². The maximum Gasteiger partial charge on any atom is 0.366 e. The van der Waals surface area contributed by atoms with Gasteiger partial charge in [0.05, 0.1) is 12.5 Å². The number of carbonyl (C=O) groups excluding carboxylic acids is 2. The first-order valence-corrected chi connectivity index (χ1v) is 9.56. The Morgan fingerprint density at radius 2 is 2.08 bits per heavy atom. The molecule has 1 aromatic carbocycles. The van der Waals surface area contributed by atoms with Gasteiger partial charge < -0.3 is 9.47 Å². The van der Waals surface area contributed by atoms with Gasteiger partial charge in [-0.3, -0.25) is 4.79 Å². The van der Waals surface area contributed by atoms with Crippen LogP contribution in [0.1, 0.15) is 31.9 Å². The van der Waals surface area contributed by atoms with Crippen molar-refractivity contribution < 1.29 is 23.5 Å². The lowest BCUT2D eigenvalue weighted by Crippen LogP contribution is -2.21. The van der Waals surface area contributed by atoms with E-state index >= 15 is 0 Å². The van der Waals surface area contributed by atoms with E-state index in [1.165, 1.54) is 17.2 Å². The van der Waals surface area contributed by atoms with Crippen molar-refractivity contribution >= 4 is 27.9 Å². The molecule has 140 valence electrons. The van der Waals surface area contributed by atoms with Crippen LogP contribution in [0.5, 0.6) is 0 Å². The molecule has 4 nitrogen and oxygen atoms in total. The summed E-state index contributed by atoms with van der Waals surface area (Å²) in [6, 6.07) is 5.98. The molecule has 1 aromatic rings. The van der Waals surface area contributed by atoms with Gasteiger partial charge in [-0.1, -0.05) is 41.9 Å². The molecule has 0 amide bonds. The lowest BCUT2D eigenvalue weighted by atomic mass is 10.1. The quantitative estimate of drug-likeness (QED) is 0.526. The van der Waals surface area contributed by atoms with Crippen molar-refractivity contribution in [2.75, 3.05) is 6.61 Å². The molecule has 6 heteroatoms. The molecule has 0 bridgehead atoms. The van der Waals surface area contributed by atoms with Crippen molar-refractivity contribution in [3.05, 3.63) is 45.7 Å². The lowest BCUT2D eigenvalue weighted by Gasteiger charge is -2.12. The summed E-state index contributed by atoms with van der Waals surface area (Å²) in [5.74, 6) is -3.08. The maximum atomic E-state index is 13.9. The highest BCUT2D eigenvalue weighted by molar-refractivity contribution is 9.10. The van der Waals surface area contributed by atoms with Gasteiger partial charge in [0, 0.05) is 17.3 Å². The number of rotatable bonds is 5. The van der Waals surface area contributed by atoms with Crippen molar-refractivity contribution in [2.45, 2.75) is 39.7 Å². The second-order valence-corrected chi connectivity index (χ2v) is 8.26. The summed E-state index contributed by atoms with van der Waals surface area (Å²) < 4.78 is 25.3. The van der Waals surface area contributed by atoms with Gasteiger partial charge in [0.2, 0.25) is 5.83 Å². The molecule has 1 fully saturated rings. The summed E-state index contributed by atoms with van der Waals surface area (Å²) in [6.07, 6.45) is 2.36. The molecule has 26 heavy (non-hydrogen) atoms. The van der Waals surface area contributed by atoms with Crippen LogP contribution in [0.15, 0.2) is 34.6 Å². The molecule has 0 aliphatic heterocycles. The number of hydrogen-bond donors (Lipinski definition) is 0. The predicted octanol–water partition coefficient (Wildman–Crippen LogP) is 4.15. The Hall–Kier alpha value is -1.69. The zero-order chi connectivity index (χ0) is 19.1. The first kappa shape index (κ1) is 19.1. The standard InChI is InChI=1S/C20H22BrFO4/c1-4-25-18(23)16(22)10-14-17(20(14,2)3)19(24)26-12-8-11-6-5-7-15(21)13(11)9-12/h5-7,10,12,14,17H,4,8-9H2,1-3H3/t12?,14-,17-/m1/s1. The van der Waals surface area contributed by atoms with Gasteiger partial charge in [-0.15, -0.1) is 0 Å². The molecule has 3 rings (SSSR count). The number of allylic oxidation sites excluding steroid dienone is 1. The molecule has 0 spiro atoms. The molecule has 0 N–H and O–H groups in total. The molecule has 1 unspecified atom stereocenters. The van der Waals surface area contributed by atoms with Gasteiger partial charge in [0.15, 0.2) is 0 Å². The van der Waals surface area contributed by atoms with Crippen LogP contribution in [0, 0.1) is 17.3 Å². The minimum Gasteiger partial charge on any atom is -0.461 e. The van der Waals surface area contributed by atoms with Crippen molar-refractivity contribution in [2.24, 2.45) is 17.3 Å². The second kappa shape index (κ2) is 7.14. The highest BCUT2D eigenvalue weighted by Gasteiger charge is 2.62. The zero-order valence-electron chi connectivity index (χ0n) is 15.1. The first-order chi connectivity index (χ1) is 12.3. The molecule has 2 aliphatic carbocycles. The van der Waals surface area contributed by atoms with E-state index in [-0.39, 0.29) is 24.6 Å². The lowest BCUT2D eigenvalue weighted by molar-refractivity contribution is -0.151. The van der Waals surface area contributed by atoms with Crippen molar-refractivity contribution in [3.8, 4) is 0 Å². The summed E-state index contributed by atoms with van der Waals surface area (Å²) in [5, 5.41) is 0. The minimum absolute atomic E-state index is 0.109. The Labute approximate surface area is 160 Å². The molecule has 1 saturated carbocycles. The summed E-state index contributed by atoms with van der Waals surface area (Å²) >= 11 is 3.53. The third kappa shape index (κ3) is 3.56. The van der Waals surface area contributed by atoms with E-state index in [1.807, 2.05) is 32.0 Å². The zero-order valence-corrected chi connectivity index (χ0v) is 16.6. The number of fused-ring (bicyclic) bond motifs is 1. The summed E-state index contributed by atoms with van der Waals surface area (Å²) in [6.45, 7) is 5.47. The number of halogens is 2. The number of carbonyl (C=O) groups is 2. The van der Waals surface area contributed by atoms with Crippen molar-refractivity contribution in [3.63, 3.8) is 0 Å². The molecule has 0 saturated heterocycles. The van der Waals surface area contributed by atoms with E-state index in [9.17, 15) is 14.0 Å². The third-order valence-corrected chi connectivity index (χ3v) is 6.08. The highest BCUT2D eigenvalue weighted by atomic mass is 79.9. The Bertz CT molecular complexity index is 771. The van der Waals surface area contributed by atoms with E-state index < -0.39 is 23.1 Å². The molecular weight excluding hydrogens is 403 g/mol. The number of esters is 2. The van der Waals surface area contributed by atoms with E-state index in [4.69, 9.17) is 4.74 Å². The molecule has 0 aromatic heterocycles. The van der Waals surface area contributed by atoms with Crippen molar-refractivity contribution in [1.29, 1.82) is 0 Å². The smallest absolute Gasteiger partial charge is 0.366 e. The van der Waals surface area contributed by atoms with Crippen LogP contribution < -0.4 is 0 Å². The fourth-order valence-corrected chi connectivity index (χ4v) is 4.32. The monoisotopic (exact) mass is 424 g/mol. The average molecular weight is 425 g/mol. The Kier molecular flexibility index (Phi) is 5.24. The van der Waals surface area contributed by atoms with E-state index in [1.54, 1.807) is 6.92 Å². The first-order valence-electron chi connectivity index (χ1n) is 8.76. The highest BCUT2D eigenvalue weighted by Crippen LogP contribution is 2.60. The van der Waals surface area contributed by atoms with Crippen LogP contribution in [0.2, 0.25) is 0 Å². The van der Waals surface area contributed by atoms with Gasteiger partial charge in [-0.25, -0.2) is 4.79 Å². The second-order valence-electron chi connectivity index (χ2n) is 7.40. The molecule has 0 radical (unpaired) electrons. The number of hydrogen-bond acceptors (Lipinski definition) is 4. The topological polar surface area (TPSA) is 52.6 Å². The maximum absolute atomic E-state index is 13.9. The Morgan fingerprint density at radius 3 is 2.73 bits per heavy atom. The summed E-state index contributed by atoms with van der Waals surface area (Å²) in [4.78, 5) is 24.0. The van der Waals surface area contributed by atoms with Crippen LogP contribution in [-0.2, 0) is 31.9 Å². The predicted molar refractivity (Wildman–Crippen MR) is 98.0 cm³/mol. The normalized spacial score (nSPS) is 26.2. The Morgan fingerprint density at radius 1 is 1.35 bits per heavy atom. The minimum atomic E-state index is -0.988. The van der Waals surface area contributed by atoms with Gasteiger partial charge in [-0.05, 0) is 41.5 Å². The third-order valence-electron chi connectivity index (χ3n) is 5.34. The fraction of sp³-hybridized carbons (Fsp3) is 0.500. The van der Waals surface area contributed by atoms with Crippen LogP contribution in [0.4, 0.5) is 4.39 Å². The fourth-order valence-electron chi connectivity index (χ4n) is 3.75. The van der Waals surface area contributed by atoms with E-state index in [2.05, 4.69) is 20.7 Å². The van der Waals surface area contributed by atoms with E-state index in [0.29, 0.717) is 12.8 Å². The van der Waals surface area contributed by atoms with Gasteiger partial charge in [0.25, 0.3) is 0 Å². The van der Waals surface area contributed by atoms with Crippen LogP contribution in [0.3, 0.4) is 0 Å². The molecule has 3 atom stereocenters. The average Bonchev–Trinajstić information content (AvgIpc) is 2.90. The molecule has 0 heterocycles. The number of benzene rings is 1. The summed E-state index contributed by atoms with van der Waals surface area (Å²) in [5.41, 5.74) is 1.91. The summed E-state index contributed by atoms with van der Waals surface area (Å²) in [7, 11) is 0.